The molecule has 0 saturated carbocycles. The van der Waals surface area contributed by atoms with Crippen molar-refractivity contribution in [2.24, 2.45) is 5.92 Å². The van der Waals surface area contributed by atoms with Crippen LogP contribution in [0.3, 0.4) is 0 Å². The third kappa shape index (κ3) is 1.46. The minimum absolute atomic E-state index is 0.628. The minimum Gasteiger partial charge on any atom is -0.315 e. The largest absolute Gasteiger partial charge is 0.315 e. The van der Waals surface area contributed by atoms with Crippen LogP contribution in [0.25, 0.3) is 0 Å². The van der Waals surface area contributed by atoms with Gasteiger partial charge in [-0.1, -0.05) is 6.92 Å². The summed E-state index contributed by atoms with van der Waals surface area (Å²) in [4.78, 5) is 0. The lowest BCUT2D eigenvalue weighted by Gasteiger charge is -2.24. The van der Waals surface area contributed by atoms with Crippen molar-refractivity contribution in [1.82, 2.24) is 20.1 Å². The zero-order chi connectivity index (χ0) is 11.4. The van der Waals surface area contributed by atoms with E-state index in [1.807, 2.05) is 0 Å². The fourth-order valence-electron chi connectivity index (χ4n) is 3.89. The van der Waals surface area contributed by atoms with E-state index in [-0.39, 0.29) is 0 Å². The van der Waals surface area contributed by atoms with Crippen LogP contribution in [-0.2, 0) is 13.0 Å². The Balaban J connectivity index is 1.66. The summed E-state index contributed by atoms with van der Waals surface area (Å²) in [6.07, 6.45) is 6.36. The highest BCUT2D eigenvalue weighted by molar-refractivity contribution is 5.14. The molecule has 92 valence electrons. The van der Waals surface area contributed by atoms with E-state index in [2.05, 4.69) is 27.0 Å². The zero-order valence-corrected chi connectivity index (χ0v) is 10.4. The van der Waals surface area contributed by atoms with Gasteiger partial charge in [-0.2, -0.15) is 0 Å². The smallest absolute Gasteiger partial charge is 0.137 e. The third-order valence-electron chi connectivity index (χ3n) is 4.86. The van der Waals surface area contributed by atoms with E-state index in [1.165, 1.54) is 37.3 Å². The number of hydrogen-bond donors (Lipinski definition) is 1. The summed E-state index contributed by atoms with van der Waals surface area (Å²) in [5.74, 6) is 3.90. The fourth-order valence-corrected chi connectivity index (χ4v) is 3.89. The normalized spacial score (nSPS) is 39.6. The molecule has 1 N–H and O–H groups in total. The Labute approximate surface area is 102 Å². The Morgan fingerprint density at radius 2 is 2.18 bits per heavy atom. The van der Waals surface area contributed by atoms with Crippen LogP contribution in [0.1, 0.15) is 50.2 Å². The van der Waals surface area contributed by atoms with Gasteiger partial charge in [0.1, 0.15) is 11.6 Å². The van der Waals surface area contributed by atoms with Gasteiger partial charge in [0.15, 0.2) is 0 Å². The molecule has 2 bridgehead atoms. The van der Waals surface area contributed by atoms with Crippen molar-refractivity contribution in [3.8, 4) is 0 Å². The number of aromatic nitrogens is 3. The molecule has 0 spiro atoms. The molecule has 3 aliphatic rings. The van der Waals surface area contributed by atoms with Crippen molar-refractivity contribution in [1.29, 1.82) is 0 Å². The number of hydrogen-bond acceptors (Lipinski definition) is 3. The Kier molecular flexibility index (Phi) is 2.10. The van der Waals surface area contributed by atoms with Crippen LogP contribution in [0, 0.1) is 5.92 Å². The van der Waals surface area contributed by atoms with E-state index < -0.39 is 0 Å². The first kappa shape index (κ1) is 10.1. The minimum atomic E-state index is 0.628. The molecule has 4 atom stereocenters. The predicted octanol–water partition coefficient (Wildman–Crippen LogP) is 1.47. The fraction of sp³-hybridized carbons (Fsp3) is 0.846. The third-order valence-corrected chi connectivity index (χ3v) is 4.86. The van der Waals surface area contributed by atoms with E-state index in [0.717, 1.165) is 24.9 Å². The van der Waals surface area contributed by atoms with Gasteiger partial charge >= 0.3 is 0 Å². The van der Waals surface area contributed by atoms with Crippen LogP contribution in [0.15, 0.2) is 0 Å². The summed E-state index contributed by atoms with van der Waals surface area (Å²) >= 11 is 0. The van der Waals surface area contributed by atoms with Gasteiger partial charge in [0, 0.05) is 31.0 Å². The molecule has 4 unspecified atom stereocenters. The standard InChI is InChI=1S/C13H20N4/c1-8-4-5-17-12(6-8)15-16-13(17)10-7-9-2-3-11(10)14-9/h8-11,14H,2-7H2,1H3. The van der Waals surface area contributed by atoms with E-state index >= 15 is 0 Å². The van der Waals surface area contributed by atoms with Crippen LogP contribution < -0.4 is 5.32 Å². The van der Waals surface area contributed by atoms with E-state index in [9.17, 15) is 0 Å². The van der Waals surface area contributed by atoms with Gasteiger partial charge in [-0.15, -0.1) is 10.2 Å². The average molecular weight is 232 g/mol. The van der Waals surface area contributed by atoms with Gasteiger partial charge in [-0.05, 0) is 31.6 Å². The maximum absolute atomic E-state index is 4.51. The Hall–Kier alpha value is -0.900. The van der Waals surface area contributed by atoms with Crippen LogP contribution in [0.4, 0.5) is 0 Å². The van der Waals surface area contributed by atoms with Crippen LogP contribution in [0.2, 0.25) is 0 Å². The van der Waals surface area contributed by atoms with Gasteiger partial charge < -0.3 is 9.88 Å². The number of nitrogens with one attached hydrogen (secondary N) is 1. The van der Waals surface area contributed by atoms with Crippen molar-refractivity contribution < 1.29 is 0 Å². The van der Waals surface area contributed by atoms with E-state index in [1.54, 1.807) is 0 Å². The molecule has 17 heavy (non-hydrogen) atoms. The first-order valence-electron chi connectivity index (χ1n) is 6.99. The topological polar surface area (TPSA) is 42.7 Å². The first-order chi connectivity index (χ1) is 8.31. The van der Waals surface area contributed by atoms with Crippen molar-refractivity contribution in [2.75, 3.05) is 0 Å². The van der Waals surface area contributed by atoms with E-state index in [0.29, 0.717) is 12.0 Å². The van der Waals surface area contributed by atoms with Crippen molar-refractivity contribution in [2.45, 2.75) is 63.6 Å². The zero-order valence-electron chi connectivity index (χ0n) is 10.4. The summed E-state index contributed by atoms with van der Waals surface area (Å²) in [5, 5.41) is 12.6. The quantitative estimate of drug-likeness (QED) is 0.797. The van der Waals surface area contributed by atoms with Crippen LogP contribution in [-0.4, -0.2) is 26.8 Å². The summed E-state index contributed by atoms with van der Waals surface area (Å²) in [6.45, 7) is 3.45. The molecular formula is C13H20N4. The second-order valence-corrected chi connectivity index (χ2v) is 6.11. The van der Waals surface area contributed by atoms with E-state index in [4.69, 9.17) is 0 Å². The lowest BCUT2D eigenvalue weighted by atomic mass is 9.88. The number of nitrogens with zero attached hydrogens (tertiary/aromatic N) is 3. The molecule has 4 heterocycles. The molecule has 0 aromatic carbocycles. The van der Waals surface area contributed by atoms with Gasteiger partial charge in [0.05, 0.1) is 0 Å². The van der Waals surface area contributed by atoms with Gasteiger partial charge in [-0.25, -0.2) is 0 Å². The van der Waals surface area contributed by atoms with Gasteiger partial charge in [-0.3, -0.25) is 0 Å². The molecule has 1 aromatic rings. The Bertz CT molecular complexity index is 439. The summed E-state index contributed by atoms with van der Waals surface area (Å²) in [7, 11) is 0. The van der Waals surface area contributed by atoms with Gasteiger partial charge in [0.2, 0.25) is 0 Å². The molecule has 0 amide bonds. The Morgan fingerprint density at radius 1 is 1.24 bits per heavy atom. The first-order valence-corrected chi connectivity index (χ1v) is 6.99. The molecule has 2 saturated heterocycles. The second-order valence-electron chi connectivity index (χ2n) is 6.11. The number of rotatable bonds is 1. The molecule has 1 aromatic heterocycles. The highest BCUT2D eigenvalue weighted by Gasteiger charge is 2.42. The second kappa shape index (κ2) is 3.55. The van der Waals surface area contributed by atoms with Crippen molar-refractivity contribution >= 4 is 0 Å². The molecule has 4 nitrogen and oxygen atoms in total. The van der Waals surface area contributed by atoms with Gasteiger partial charge in [0.25, 0.3) is 0 Å². The van der Waals surface area contributed by atoms with Crippen LogP contribution in [0.5, 0.6) is 0 Å². The monoisotopic (exact) mass is 232 g/mol. The molecule has 4 rings (SSSR count). The lowest BCUT2D eigenvalue weighted by molar-refractivity contribution is 0.385. The molecule has 2 fully saturated rings. The lowest BCUT2D eigenvalue weighted by Crippen LogP contribution is -2.26. The average Bonchev–Trinajstić information content (AvgIpc) is 3.01. The van der Waals surface area contributed by atoms with Crippen molar-refractivity contribution in [3.63, 3.8) is 0 Å². The predicted molar refractivity (Wildman–Crippen MR) is 64.8 cm³/mol. The molecular weight excluding hydrogens is 212 g/mol. The maximum Gasteiger partial charge on any atom is 0.137 e. The maximum atomic E-state index is 4.51. The molecule has 3 aliphatic heterocycles. The van der Waals surface area contributed by atoms with Crippen LogP contribution >= 0.6 is 0 Å². The number of fused-ring (bicyclic) bond motifs is 3. The SMILES string of the molecule is CC1CCn2c(nnc2C2CC3CCC2N3)C1. The molecule has 0 aliphatic carbocycles. The molecule has 0 radical (unpaired) electrons. The summed E-state index contributed by atoms with van der Waals surface area (Å²) in [6, 6.07) is 1.42. The summed E-state index contributed by atoms with van der Waals surface area (Å²) in [5.41, 5.74) is 0. The highest BCUT2D eigenvalue weighted by Crippen LogP contribution is 2.40. The highest BCUT2D eigenvalue weighted by atomic mass is 15.3. The molecule has 4 heteroatoms. The van der Waals surface area contributed by atoms with Crippen molar-refractivity contribution in [3.05, 3.63) is 11.6 Å². The Morgan fingerprint density at radius 3 is 2.94 bits per heavy atom. The summed E-state index contributed by atoms with van der Waals surface area (Å²) < 4.78 is 2.41.